The van der Waals surface area contributed by atoms with Crippen LogP contribution in [0.5, 0.6) is 0 Å². The summed E-state index contributed by atoms with van der Waals surface area (Å²) in [7, 11) is 0. The predicted octanol–water partition coefficient (Wildman–Crippen LogP) is 3.28. The third kappa shape index (κ3) is 6.63. The van der Waals surface area contributed by atoms with Crippen molar-refractivity contribution in [2.75, 3.05) is 31.1 Å². The Balaban J connectivity index is 1.28. The van der Waals surface area contributed by atoms with E-state index in [9.17, 15) is 14.7 Å². The summed E-state index contributed by atoms with van der Waals surface area (Å²) < 4.78 is 6.29. The van der Waals surface area contributed by atoms with Gasteiger partial charge in [0.05, 0.1) is 31.1 Å². The number of ether oxygens (including phenoxy) is 1. The van der Waals surface area contributed by atoms with Gasteiger partial charge in [-0.3, -0.25) is 15.0 Å². The maximum atomic E-state index is 13.0. The number of aryl methyl sites for hydroxylation is 1. The van der Waals surface area contributed by atoms with Crippen molar-refractivity contribution >= 4 is 23.4 Å². The number of benzene rings is 2. The van der Waals surface area contributed by atoms with Crippen molar-refractivity contribution < 1.29 is 19.4 Å². The van der Waals surface area contributed by atoms with E-state index in [0.29, 0.717) is 19.6 Å². The smallest absolute Gasteiger partial charge is 0.304 e. The Bertz CT molecular complexity index is 1040. The summed E-state index contributed by atoms with van der Waals surface area (Å²) in [5.74, 6) is -1.38. The van der Waals surface area contributed by atoms with E-state index in [1.807, 2.05) is 47.4 Å². The first-order valence-corrected chi connectivity index (χ1v) is 12.8. The predicted molar refractivity (Wildman–Crippen MR) is 139 cm³/mol. The zero-order valence-electron chi connectivity index (χ0n) is 20.6. The van der Waals surface area contributed by atoms with Crippen molar-refractivity contribution in [1.29, 1.82) is 5.41 Å². The summed E-state index contributed by atoms with van der Waals surface area (Å²) >= 11 is 0. The van der Waals surface area contributed by atoms with Crippen LogP contribution in [0.25, 0.3) is 0 Å². The first-order valence-electron chi connectivity index (χ1n) is 12.8. The first kappa shape index (κ1) is 25.7. The first-order chi connectivity index (χ1) is 17.4. The molecular weight excluding hydrogens is 456 g/mol. The minimum absolute atomic E-state index is 0.0529. The largest absolute Gasteiger partial charge is 0.481 e. The number of nitrogen functional groups attached to an aromatic ring is 1. The molecule has 8 nitrogen and oxygen atoms in total. The molecular formula is C28H36N4O4. The average molecular weight is 493 g/mol. The maximum absolute atomic E-state index is 13.0. The molecule has 2 fully saturated rings. The number of carboxylic acid groups (broad SMARTS) is 1. The van der Waals surface area contributed by atoms with Crippen molar-refractivity contribution in [2.45, 2.75) is 50.7 Å². The normalized spacial score (nSPS) is 20.6. The second-order valence-electron chi connectivity index (χ2n) is 9.79. The molecule has 2 aliphatic rings. The van der Waals surface area contributed by atoms with Crippen LogP contribution >= 0.6 is 0 Å². The van der Waals surface area contributed by atoms with Crippen molar-refractivity contribution in [3.63, 3.8) is 0 Å². The van der Waals surface area contributed by atoms with E-state index in [0.717, 1.165) is 50.0 Å². The van der Waals surface area contributed by atoms with Gasteiger partial charge in [-0.15, -0.1) is 0 Å². The lowest BCUT2D eigenvalue weighted by molar-refractivity contribution is -0.142. The Kier molecular flexibility index (Phi) is 8.59. The third-order valence-corrected chi connectivity index (χ3v) is 7.27. The molecule has 192 valence electrons. The van der Waals surface area contributed by atoms with Gasteiger partial charge in [-0.05, 0) is 61.9 Å². The molecule has 0 unspecified atom stereocenters. The van der Waals surface area contributed by atoms with Crippen LogP contribution in [0.4, 0.5) is 5.69 Å². The molecule has 8 heteroatoms. The molecule has 0 radical (unpaired) electrons. The second-order valence-corrected chi connectivity index (χ2v) is 9.79. The highest BCUT2D eigenvalue weighted by molar-refractivity contribution is 5.95. The number of likely N-dealkylation sites (tertiary alicyclic amines) is 1. The highest BCUT2D eigenvalue weighted by atomic mass is 16.5. The Morgan fingerprint density at radius 3 is 2.42 bits per heavy atom. The molecule has 0 bridgehead atoms. The summed E-state index contributed by atoms with van der Waals surface area (Å²) in [6.07, 6.45) is 4.05. The van der Waals surface area contributed by atoms with Gasteiger partial charge < -0.3 is 25.4 Å². The molecule has 1 amide bonds. The number of carboxylic acids is 1. The van der Waals surface area contributed by atoms with Gasteiger partial charge in [0.15, 0.2) is 0 Å². The van der Waals surface area contributed by atoms with E-state index in [-0.39, 0.29) is 30.3 Å². The number of hydrogen-bond acceptors (Lipinski definition) is 5. The quantitative estimate of drug-likeness (QED) is 0.327. The zero-order chi connectivity index (χ0) is 25.5. The lowest BCUT2D eigenvalue weighted by Crippen LogP contribution is -2.41. The summed E-state index contributed by atoms with van der Waals surface area (Å²) in [6.45, 7) is 2.81. The molecule has 2 aliphatic heterocycles. The maximum Gasteiger partial charge on any atom is 0.304 e. The van der Waals surface area contributed by atoms with Gasteiger partial charge in [-0.25, -0.2) is 0 Å². The standard InChI is InChI=1S/C28H36N4O4/c29-27(30)21-8-10-23(11-9-21)31-15-12-25(13-16-31)36-19-24-17-22(18-26(33)34)28(35)32(24)14-4-7-20-5-2-1-3-6-20/h1-3,5-6,8-11,22,24-25H,4,7,12-19H2,(H3,29,30)(H,33,34)/t22-,24-/m0/s1. The van der Waals surface area contributed by atoms with Gasteiger partial charge in [0.2, 0.25) is 5.91 Å². The number of piperidine rings is 1. The number of aliphatic carboxylic acids is 1. The van der Waals surface area contributed by atoms with Crippen LogP contribution in [-0.2, 0) is 20.7 Å². The van der Waals surface area contributed by atoms with E-state index in [2.05, 4.69) is 17.0 Å². The van der Waals surface area contributed by atoms with Crippen LogP contribution in [0.1, 0.15) is 43.2 Å². The second kappa shape index (κ2) is 12.0. The van der Waals surface area contributed by atoms with Gasteiger partial charge in [0.1, 0.15) is 5.84 Å². The highest BCUT2D eigenvalue weighted by Gasteiger charge is 2.40. The highest BCUT2D eigenvalue weighted by Crippen LogP contribution is 2.29. The molecule has 2 atom stereocenters. The van der Waals surface area contributed by atoms with Crippen LogP contribution < -0.4 is 10.6 Å². The molecule has 4 rings (SSSR count). The number of nitrogens with zero attached hydrogens (tertiary/aromatic N) is 2. The van der Waals surface area contributed by atoms with Crippen LogP contribution in [0, 0.1) is 11.3 Å². The molecule has 4 N–H and O–H groups in total. The van der Waals surface area contributed by atoms with Crippen molar-refractivity contribution in [1.82, 2.24) is 4.90 Å². The van der Waals surface area contributed by atoms with Gasteiger partial charge in [0, 0.05) is 30.9 Å². The van der Waals surface area contributed by atoms with Gasteiger partial charge in [0.25, 0.3) is 0 Å². The Labute approximate surface area is 212 Å². The number of carbonyl (C=O) groups is 2. The lowest BCUT2D eigenvalue weighted by Gasteiger charge is -2.34. The fourth-order valence-corrected chi connectivity index (χ4v) is 5.28. The van der Waals surface area contributed by atoms with Crippen molar-refractivity contribution in [3.05, 3.63) is 65.7 Å². The van der Waals surface area contributed by atoms with Crippen LogP contribution in [0.15, 0.2) is 54.6 Å². The van der Waals surface area contributed by atoms with Gasteiger partial charge >= 0.3 is 5.97 Å². The monoisotopic (exact) mass is 492 g/mol. The molecule has 2 heterocycles. The van der Waals surface area contributed by atoms with E-state index in [1.165, 1.54) is 5.56 Å². The third-order valence-electron chi connectivity index (χ3n) is 7.27. The molecule has 0 saturated carbocycles. The van der Waals surface area contributed by atoms with Gasteiger partial charge in [-0.2, -0.15) is 0 Å². The minimum Gasteiger partial charge on any atom is -0.481 e. The van der Waals surface area contributed by atoms with Crippen LogP contribution in [0.2, 0.25) is 0 Å². The number of hydrogen-bond donors (Lipinski definition) is 3. The lowest BCUT2D eigenvalue weighted by atomic mass is 10.0. The summed E-state index contributed by atoms with van der Waals surface area (Å²) in [6, 6.07) is 17.9. The van der Waals surface area contributed by atoms with Gasteiger partial charge in [-0.1, -0.05) is 30.3 Å². The minimum atomic E-state index is -0.928. The fraction of sp³-hybridized carbons (Fsp3) is 0.464. The van der Waals surface area contributed by atoms with E-state index < -0.39 is 11.9 Å². The molecule has 36 heavy (non-hydrogen) atoms. The number of carbonyl (C=O) groups excluding carboxylic acids is 1. The van der Waals surface area contributed by atoms with E-state index in [4.69, 9.17) is 15.9 Å². The summed E-state index contributed by atoms with van der Waals surface area (Å²) in [5, 5.41) is 16.8. The molecule has 0 aliphatic carbocycles. The number of nitrogens with two attached hydrogens (primary N) is 1. The molecule has 2 saturated heterocycles. The SMILES string of the molecule is N=C(N)c1ccc(N2CCC(OC[C@@H]3C[C@@H](CC(=O)O)C(=O)N3CCCc3ccccc3)CC2)cc1. The fourth-order valence-electron chi connectivity index (χ4n) is 5.28. The molecule has 0 aromatic heterocycles. The molecule has 2 aromatic rings. The van der Waals surface area contributed by atoms with E-state index in [1.54, 1.807) is 0 Å². The van der Waals surface area contributed by atoms with Crippen molar-refractivity contribution in [3.8, 4) is 0 Å². The summed E-state index contributed by atoms with van der Waals surface area (Å²) in [5.41, 5.74) is 8.62. The number of amidine groups is 1. The number of nitrogens with one attached hydrogen (secondary N) is 1. The van der Waals surface area contributed by atoms with Crippen LogP contribution in [-0.4, -0.2) is 66.1 Å². The topological polar surface area (TPSA) is 120 Å². The summed E-state index contributed by atoms with van der Waals surface area (Å²) in [4.78, 5) is 28.5. The number of amides is 1. The number of rotatable bonds is 11. The van der Waals surface area contributed by atoms with Crippen molar-refractivity contribution in [2.24, 2.45) is 11.7 Å². The Hall–Kier alpha value is -3.39. The van der Waals surface area contributed by atoms with Crippen LogP contribution in [0.3, 0.4) is 0 Å². The molecule has 0 spiro atoms. The molecule has 2 aromatic carbocycles. The Morgan fingerprint density at radius 1 is 1.08 bits per heavy atom. The zero-order valence-corrected chi connectivity index (χ0v) is 20.6. The Morgan fingerprint density at radius 2 is 1.78 bits per heavy atom. The van der Waals surface area contributed by atoms with E-state index >= 15 is 0 Å². The average Bonchev–Trinajstić information content (AvgIpc) is 3.17. The number of anilines is 1.